The Morgan fingerprint density at radius 3 is 2.11 bits per heavy atom. The van der Waals surface area contributed by atoms with Crippen molar-refractivity contribution < 1.29 is 9.59 Å². The third kappa shape index (κ3) is 4.30. The summed E-state index contributed by atoms with van der Waals surface area (Å²) in [5.41, 5.74) is 3.39. The van der Waals surface area contributed by atoms with Crippen LogP contribution in [0.4, 0.5) is 11.5 Å². The fourth-order valence-corrected chi connectivity index (χ4v) is 3.45. The lowest BCUT2D eigenvalue weighted by atomic mass is 10.0. The van der Waals surface area contributed by atoms with E-state index in [1.807, 2.05) is 29.2 Å². The number of hydrogen-bond acceptors (Lipinski definition) is 5. The number of amides is 2. The molecule has 148 valence electrons. The van der Waals surface area contributed by atoms with Crippen LogP contribution in [0, 0.1) is 0 Å². The Kier molecular flexibility index (Phi) is 6.23. The molecule has 28 heavy (non-hydrogen) atoms. The van der Waals surface area contributed by atoms with Crippen molar-refractivity contribution in [3.8, 4) is 0 Å². The molecule has 1 saturated heterocycles. The van der Waals surface area contributed by atoms with Gasteiger partial charge < -0.3 is 15.1 Å². The lowest BCUT2D eigenvalue weighted by Crippen LogP contribution is -2.48. The second-order valence-corrected chi connectivity index (χ2v) is 6.88. The zero-order valence-electron chi connectivity index (χ0n) is 16.7. The van der Waals surface area contributed by atoms with Gasteiger partial charge in [-0.3, -0.25) is 9.59 Å². The van der Waals surface area contributed by atoms with Crippen molar-refractivity contribution in [2.75, 3.05) is 36.4 Å². The van der Waals surface area contributed by atoms with Crippen LogP contribution in [0.25, 0.3) is 0 Å². The summed E-state index contributed by atoms with van der Waals surface area (Å²) < 4.78 is 0. The molecule has 1 fully saturated rings. The zero-order valence-corrected chi connectivity index (χ0v) is 16.7. The highest BCUT2D eigenvalue weighted by molar-refractivity contribution is 6.03. The molecule has 7 nitrogen and oxygen atoms in total. The molecule has 0 unspecified atom stereocenters. The summed E-state index contributed by atoms with van der Waals surface area (Å²) in [5, 5.41) is 11.4. The Hall–Kier alpha value is -2.96. The smallest absolute Gasteiger partial charge is 0.276 e. The van der Waals surface area contributed by atoms with Gasteiger partial charge in [0, 0.05) is 38.8 Å². The molecule has 7 heteroatoms. The second kappa shape index (κ2) is 8.82. The van der Waals surface area contributed by atoms with Gasteiger partial charge in [-0.15, -0.1) is 10.2 Å². The molecule has 0 spiro atoms. The van der Waals surface area contributed by atoms with Gasteiger partial charge in [-0.25, -0.2) is 0 Å². The number of nitrogens with zero attached hydrogens (tertiary/aromatic N) is 4. The van der Waals surface area contributed by atoms with E-state index in [4.69, 9.17) is 0 Å². The highest BCUT2D eigenvalue weighted by Crippen LogP contribution is 2.23. The molecule has 0 atom stereocenters. The van der Waals surface area contributed by atoms with Crippen molar-refractivity contribution in [3.05, 3.63) is 47.2 Å². The van der Waals surface area contributed by atoms with Crippen LogP contribution >= 0.6 is 0 Å². The second-order valence-electron chi connectivity index (χ2n) is 6.88. The van der Waals surface area contributed by atoms with E-state index in [0.29, 0.717) is 31.9 Å². The topological polar surface area (TPSA) is 78.4 Å². The average molecular weight is 381 g/mol. The molecule has 2 heterocycles. The molecule has 1 aliphatic heterocycles. The Morgan fingerprint density at radius 1 is 0.964 bits per heavy atom. The predicted molar refractivity (Wildman–Crippen MR) is 110 cm³/mol. The molecule has 0 radical (unpaired) electrons. The lowest BCUT2D eigenvalue weighted by Gasteiger charge is -2.34. The van der Waals surface area contributed by atoms with E-state index in [1.165, 1.54) is 0 Å². The van der Waals surface area contributed by atoms with Gasteiger partial charge in [0.2, 0.25) is 5.91 Å². The van der Waals surface area contributed by atoms with Gasteiger partial charge in [0.05, 0.1) is 0 Å². The normalized spacial score (nSPS) is 14.1. The van der Waals surface area contributed by atoms with E-state index in [9.17, 15) is 9.59 Å². The van der Waals surface area contributed by atoms with Crippen LogP contribution in [0.3, 0.4) is 0 Å². The van der Waals surface area contributed by atoms with Gasteiger partial charge in [-0.1, -0.05) is 32.0 Å². The molecular weight excluding hydrogens is 354 g/mol. The molecule has 0 bridgehead atoms. The van der Waals surface area contributed by atoms with Crippen LogP contribution in [0.5, 0.6) is 0 Å². The van der Waals surface area contributed by atoms with Gasteiger partial charge >= 0.3 is 0 Å². The van der Waals surface area contributed by atoms with Crippen molar-refractivity contribution in [2.24, 2.45) is 0 Å². The maximum absolute atomic E-state index is 12.7. The van der Waals surface area contributed by atoms with Crippen LogP contribution in [-0.2, 0) is 17.6 Å². The van der Waals surface area contributed by atoms with E-state index in [2.05, 4.69) is 34.3 Å². The number of piperazine rings is 1. The number of rotatable bonds is 5. The number of nitrogens with one attached hydrogen (secondary N) is 1. The highest BCUT2D eigenvalue weighted by atomic mass is 16.2. The fraction of sp³-hybridized carbons (Fsp3) is 0.429. The van der Waals surface area contributed by atoms with Crippen LogP contribution in [-0.4, -0.2) is 53.1 Å². The van der Waals surface area contributed by atoms with Crippen molar-refractivity contribution in [1.82, 2.24) is 15.1 Å². The third-order valence-corrected chi connectivity index (χ3v) is 5.17. The fourth-order valence-electron chi connectivity index (χ4n) is 3.45. The first-order valence-corrected chi connectivity index (χ1v) is 9.79. The number of aromatic nitrogens is 2. The molecule has 2 amide bonds. The first kappa shape index (κ1) is 19.8. The van der Waals surface area contributed by atoms with Crippen LogP contribution in [0.1, 0.15) is 42.4 Å². The molecule has 1 aromatic heterocycles. The summed E-state index contributed by atoms with van der Waals surface area (Å²) >= 11 is 0. The first-order valence-electron chi connectivity index (χ1n) is 9.79. The molecule has 3 rings (SSSR count). The number of anilines is 2. The summed E-state index contributed by atoms with van der Waals surface area (Å²) in [6.07, 6.45) is 1.70. The largest absolute Gasteiger partial charge is 0.352 e. The van der Waals surface area contributed by atoms with Gasteiger partial charge in [0.15, 0.2) is 11.5 Å². The number of benzene rings is 1. The standard InChI is InChI=1S/C21H27N5O2/c1-4-16-7-6-8-17(5-2)20(16)22-21(28)18-9-10-19(24-23-18)26-13-11-25(12-14-26)15(3)27/h6-10H,4-5,11-14H2,1-3H3,(H,22,28). The Bertz CT molecular complexity index is 820. The number of para-hydroxylation sites is 1. The van der Waals surface area contributed by atoms with Gasteiger partial charge in [0.25, 0.3) is 5.91 Å². The molecule has 0 aliphatic carbocycles. The Balaban J connectivity index is 1.69. The summed E-state index contributed by atoms with van der Waals surface area (Å²) in [5.74, 6) is 0.565. The van der Waals surface area contributed by atoms with Crippen molar-refractivity contribution >= 4 is 23.3 Å². The Labute approximate surface area is 165 Å². The SMILES string of the molecule is CCc1cccc(CC)c1NC(=O)c1ccc(N2CCN(C(C)=O)CC2)nn1. The number of aryl methyl sites for hydroxylation is 2. The molecule has 1 aliphatic rings. The van der Waals surface area contributed by atoms with Crippen molar-refractivity contribution in [2.45, 2.75) is 33.6 Å². The van der Waals surface area contributed by atoms with Crippen molar-refractivity contribution in [1.29, 1.82) is 0 Å². The maximum Gasteiger partial charge on any atom is 0.276 e. The minimum absolute atomic E-state index is 0.0940. The van der Waals surface area contributed by atoms with Gasteiger partial charge in [0.1, 0.15) is 0 Å². The summed E-state index contributed by atoms with van der Waals surface area (Å²) in [4.78, 5) is 28.0. The lowest BCUT2D eigenvalue weighted by molar-refractivity contribution is -0.129. The van der Waals surface area contributed by atoms with E-state index in [-0.39, 0.29) is 11.8 Å². The molecular formula is C21H27N5O2. The van der Waals surface area contributed by atoms with E-state index in [1.54, 1.807) is 13.0 Å². The molecule has 2 aromatic rings. The molecule has 0 saturated carbocycles. The predicted octanol–water partition coefficient (Wildman–Crippen LogP) is 2.52. The third-order valence-electron chi connectivity index (χ3n) is 5.17. The van der Waals surface area contributed by atoms with E-state index >= 15 is 0 Å². The minimum atomic E-state index is -0.254. The summed E-state index contributed by atoms with van der Waals surface area (Å²) in [7, 11) is 0. The van der Waals surface area contributed by atoms with Crippen LogP contribution in [0.15, 0.2) is 30.3 Å². The van der Waals surface area contributed by atoms with E-state index < -0.39 is 0 Å². The number of hydrogen-bond donors (Lipinski definition) is 1. The van der Waals surface area contributed by atoms with E-state index in [0.717, 1.165) is 35.5 Å². The van der Waals surface area contributed by atoms with Crippen molar-refractivity contribution in [3.63, 3.8) is 0 Å². The zero-order chi connectivity index (χ0) is 20.1. The first-order chi connectivity index (χ1) is 13.5. The monoisotopic (exact) mass is 381 g/mol. The number of carbonyl (C=O) groups is 2. The minimum Gasteiger partial charge on any atom is -0.352 e. The number of carbonyl (C=O) groups excluding carboxylic acids is 2. The summed E-state index contributed by atoms with van der Waals surface area (Å²) in [6.45, 7) is 8.51. The van der Waals surface area contributed by atoms with Crippen LogP contribution < -0.4 is 10.2 Å². The average Bonchev–Trinajstić information content (AvgIpc) is 2.74. The van der Waals surface area contributed by atoms with Gasteiger partial charge in [-0.05, 0) is 36.1 Å². The maximum atomic E-state index is 12.7. The Morgan fingerprint density at radius 2 is 1.61 bits per heavy atom. The van der Waals surface area contributed by atoms with Crippen LogP contribution in [0.2, 0.25) is 0 Å². The van der Waals surface area contributed by atoms with Gasteiger partial charge in [-0.2, -0.15) is 0 Å². The molecule has 1 N–H and O–H groups in total. The quantitative estimate of drug-likeness (QED) is 0.861. The highest BCUT2D eigenvalue weighted by Gasteiger charge is 2.20. The molecule has 1 aromatic carbocycles. The summed E-state index contributed by atoms with van der Waals surface area (Å²) in [6, 6.07) is 9.61.